The number of hydrogen-bond acceptors (Lipinski definition) is 4. The number of hydrogen-bond donors (Lipinski definition) is 2. The van der Waals surface area contributed by atoms with E-state index in [1.54, 1.807) is 6.92 Å². The summed E-state index contributed by atoms with van der Waals surface area (Å²) in [4.78, 5) is 23.6. The Morgan fingerprint density at radius 2 is 1.93 bits per heavy atom. The minimum absolute atomic E-state index is 0.0395. The van der Waals surface area contributed by atoms with Gasteiger partial charge in [-0.3, -0.25) is 14.2 Å². The fourth-order valence-electron chi connectivity index (χ4n) is 2.80. The van der Waals surface area contributed by atoms with E-state index in [-0.39, 0.29) is 11.5 Å². The molecule has 1 unspecified atom stereocenters. The van der Waals surface area contributed by atoms with Crippen molar-refractivity contribution in [1.82, 2.24) is 19.6 Å². The molecular weight excluding hydrogens is 346 g/mol. The number of benzene rings is 1. The number of carboxylic acid groups (broad SMARTS) is 1. The van der Waals surface area contributed by atoms with Crippen molar-refractivity contribution in [2.24, 2.45) is 0 Å². The van der Waals surface area contributed by atoms with E-state index in [1.165, 1.54) is 17.1 Å². The summed E-state index contributed by atoms with van der Waals surface area (Å²) in [5.74, 6) is -1.37. The Morgan fingerprint density at radius 1 is 1.22 bits per heavy atom. The van der Waals surface area contributed by atoms with Gasteiger partial charge in [-0.25, -0.2) is 4.79 Å². The average molecular weight is 367 g/mol. The lowest BCUT2D eigenvalue weighted by atomic mass is 10.2. The van der Waals surface area contributed by atoms with Crippen LogP contribution in [0.5, 0.6) is 0 Å². The second-order valence-electron chi connectivity index (χ2n) is 6.37. The monoisotopic (exact) mass is 367 g/mol. The Kier molecular flexibility index (Phi) is 5.07. The highest BCUT2D eigenvalue weighted by atomic mass is 16.4. The molecule has 0 aliphatic rings. The maximum absolute atomic E-state index is 12.6. The first-order chi connectivity index (χ1) is 12.9. The summed E-state index contributed by atoms with van der Waals surface area (Å²) in [6.07, 6.45) is 2.56. The van der Waals surface area contributed by atoms with Crippen LogP contribution in [0.25, 0.3) is 0 Å². The average Bonchev–Trinajstić information content (AvgIpc) is 3.23. The topological polar surface area (TPSA) is 102 Å². The molecule has 1 aromatic carbocycles. The summed E-state index contributed by atoms with van der Waals surface area (Å²) >= 11 is 0. The van der Waals surface area contributed by atoms with E-state index < -0.39 is 12.0 Å². The highest BCUT2D eigenvalue weighted by Crippen LogP contribution is 2.22. The van der Waals surface area contributed by atoms with Crippen LogP contribution < -0.4 is 5.32 Å². The maximum Gasteiger partial charge on any atom is 0.338 e. The second-order valence-corrected chi connectivity index (χ2v) is 6.37. The maximum atomic E-state index is 12.6. The van der Waals surface area contributed by atoms with E-state index in [9.17, 15) is 9.59 Å². The molecule has 2 N–H and O–H groups in total. The molecule has 0 spiro atoms. The number of nitrogens with zero attached hydrogens (tertiary/aromatic N) is 4. The van der Waals surface area contributed by atoms with Crippen molar-refractivity contribution < 1.29 is 14.7 Å². The van der Waals surface area contributed by atoms with Crippen molar-refractivity contribution in [3.8, 4) is 0 Å². The molecule has 3 rings (SSSR count). The molecule has 1 atom stereocenters. The van der Waals surface area contributed by atoms with Gasteiger partial charge in [0.2, 0.25) is 5.91 Å². The Balaban J connectivity index is 1.76. The molecular formula is C19H21N5O3. The SMILES string of the molecule is Cc1nn(Cc2ccccc2)c(C)c1NC(=O)C(C)n1cc(C(=O)O)cn1. The number of amides is 1. The van der Waals surface area contributed by atoms with Gasteiger partial charge in [-0.15, -0.1) is 0 Å². The molecule has 3 aromatic rings. The second kappa shape index (κ2) is 7.45. The number of aromatic carboxylic acids is 1. The third kappa shape index (κ3) is 3.89. The van der Waals surface area contributed by atoms with E-state index in [2.05, 4.69) is 15.5 Å². The minimum atomic E-state index is -1.08. The van der Waals surface area contributed by atoms with Crippen LogP contribution in [0.15, 0.2) is 42.7 Å². The van der Waals surface area contributed by atoms with Gasteiger partial charge in [0.05, 0.1) is 35.4 Å². The number of aromatic nitrogens is 4. The van der Waals surface area contributed by atoms with Crippen LogP contribution in [0, 0.1) is 13.8 Å². The quantitative estimate of drug-likeness (QED) is 0.697. The third-order valence-electron chi connectivity index (χ3n) is 4.43. The van der Waals surface area contributed by atoms with Crippen LogP contribution in [0.2, 0.25) is 0 Å². The molecule has 0 fully saturated rings. The number of carbonyl (C=O) groups excluding carboxylic acids is 1. The van der Waals surface area contributed by atoms with Crippen molar-refractivity contribution >= 4 is 17.6 Å². The van der Waals surface area contributed by atoms with Gasteiger partial charge < -0.3 is 10.4 Å². The Hall–Kier alpha value is -3.42. The highest BCUT2D eigenvalue weighted by Gasteiger charge is 2.21. The summed E-state index contributed by atoms with van der Waals surface area (Å²) < 4.78 is 3.18. The van der Waals surface area contributed by atoms with Gasteiger partial charge in [0.25, 0.3) is 0 Å². The van der Waals surface area contributed by atoms with E-state index in [4.69, 9.17) is 5.11 Å². The summed E-state index contributed by atoms with van der Waals surface area (Å²) in [5, 5.41) is 20.4. The molecule has 8 heteroatoms. The van der Waals surface area contributed by atoms with E-state index in [1.807, 2.05) is 48.9 Å². The van der Waals surface area contributed by atoms with E-state index in [0.717, 1.165) is 17.0 Å². The largest absolute Gasteiger partial charge is 0.478 e. The Bertz CT molecular complexity index is 975. The van der Waals surface area contributed by atoms with Crippen LogP contribution in [-0.4, -0.2) is 36.5 Å². The molecule has 0 bridgehead atoms. The third-order valence-corrected chi connectivity index (χ3v) is 4.43. The highest BCUT2D eigenvalue weighted by molar-refractivity contribution is 5.94. The number of anilines is 1. The van der Waals surface area contributed by atoms with Gasteiger partial charge in [-0.2, -0.15) is 10.2 Å². The van der Waals surface area contributed by atoms with Gasteiger partial charge in [-0.1, -0.05) is 30.3 Å². The fraction of sp³-hybridized carbons (Fsp3) is 0.263. The standard InChI is InChI=1S/C19H21N5O3/c1-12-17(13(2)24(22-12)10-15-7-5-4-6-8-15)21-18(25)14(3)23-11-16(9-20-23)19(26)27/h4-9,11,14H,10H2,1-3H3,(H,21,25)(H,26,27). The van der Waals surface area contributed by atoms with Crippen molar-refractivity contribution in [2.45, 2.75) is 33.4 Å². The zero-order chi connectivity index (χ0) is 19.6. The molecule has 2 aromatic heterocycles. The number of rotatable bonds is 6. The van der Waals surface area contributed by atoms with Crippen molar-refractivity contribution in [2.75, 3.05) is 5.32 Å². The minimum Gasteiger partial charge on any atom is -0.478 e. The molecule has 0 aliphatic heterocycles. The number of carbonyl (C=O) groups is 2. The van der Waals surface area contributed by atoms with Crippen LogP contribution in [0.1, 0.15) is 40.3 Å². The zero-order valence-electron chi connectivity index (χ0n) is 15.4. The fourth-order valence-corrected chi connectivity index (χ4v) is 2.80. The van der Waals surface area contributed by atoms with Crippen molar-refractivity contribution in [1.29, 1.82) is 0 Å². The summed E-state index contributed by atoms with van der Waals surface area (Å²) in [5.41, 5.74) is 3.39. The van der Waals surface area contributed by atoms with E-state index in [0.29, 0.717) is 12.2 Å². The predicted molar refractivity (Wildman–Crippen MR) is 99.8 cm³/mol. The number of carboxylic acids is 1. The molecule has 140 valence electrons. The lowest BCUT2D eigenvalue weighted by Crippen LogP contribution is -2.24. The molecule has 0 saturated heterocycles. The molecule has 2 heterocycles. The first-order valence-corrected chi connectivity index (χ1v) is 8.53. The molecule has 8 nitrogen and oxygen atoms in total. The van der Waals surface area contributed by atoms with Gasteiger partial charge in [0, 0.05) is 6.20 Å². The van der Waals surface area contributed by atoms with Gasteiger partial charge in [0.15, 0.2) is 0 Å². The normalized spacial score (nSPS) is 12.0. The lowest BCUT2D eigenvalue weighted by Gasteiger charge is -2.13. The predicted octanol–water partition coefficient (Wildman–Crippen LogP) is 2.64. The Morgan fingerprint density at radius 3 is 2.56 bits per heavy atom. The lowest BCUT2D eigenvalue weighted by molar-refractivity contribution is -0.119. The smallest absolute Gasteiger partial charge is 0.338 e. The Labute approximate surface area is 156 Å². The van der Waals surface area contributed by atoms with Gasteiger partial charge in [-0.05, 0) is 26.3 Å². The first kappa shape index (κ1) is 18.4. The van der Waals surface area contributed by atoms with Crippen LogP contribution in [0.4, 0.5) is 5.69 Å². The number of nitrogens with one attached hydrogen (secondary N) is 1. The van der Waals surface area contributed by atoms with Crippen LogP contribution >= 0.6 is 0 Å². The number of aryl methyl sites for hydroxylation is 1. The van der Waals surface area contributed by atoms with E-state index >= 15 is 0 Å². The first-order valence-electron chi connectivity index (χ1n) is 8.53. The molecule has 1 amide bonds. The summed E-state index contributed by atoms with van der Waals surface area (Å²) in [6.45, 7) is 6.01. The molecule has 0 radical (unpaired) electrons. The van der Waals surface area contributed by atoms with Crippen molar-refractivity contribution in [3.63, 3.8) is 0 Å². The molecule has 27 heavy (non-hydrogen) atoms. The molecule has 0 saturated carbocycles. The van der Waals surface area contributed by atoms with Crippen molar-refractivity contribution in [3.05, 3.63) is 65.2 Å². The van der Waals surface area contributed by atoms with Crippen LogP contribution in [0.3, 0.4) is 0 Å². The summed E-state index contributed by atoms with van der Waals surface area (Å²) in [7, 11) is 0. The zero-order valence-corrected chi connectivity index (χ0v) is 15.4. The summed E-state index contributed by atoms with van der Waals surface area (Å²) in [6, 6.07) is 9.29. The van der Waals surface area contributed by atoms with Gasteiger partial charge in [0.1, 0.15) is 6.04 Å². The van der Waals surface area contributed by atoms with Crippen LogP contribution in [-0.2, 0) is 11.3 Å². The van der Waals surface area contributed by atoms with Gasteiger partial charge >= 0.3 is 5.97 Å². The molecule has 0 aliphatic carbocycles.